The Balaban J connectivity index is 2.18. The van der Waals surface area contributed by atoms with Crippen LogP contribution in [0.25, 0.3) is 0 Å². The number of hydrogen-bond donors (Lipinski definition) is 0. The lowest BCUT2D eigenvalue weighted by molar-refractivity contribution is -0.135. The molecule has 1 spiro atoms. The van der Waals surface area contributed by atoms with Gasteiger partial charge in [-0.05, 0) is 31.1 Å². The van der Waals surface area contributed by atoms with Gasteiger partial charge in [-0.3, -0.25) is 4.79 Å². The zero-order chi connectivity index (χ0) is 9.47. The normalized spacial score (nSPS) is 44.0. The molecule has 2 heteroatoms. The fourth-order valence-corrected chi connectivity index (χ4v) is 2.80. The third-order valence-corrected chi connectivity index (χ3v) is 3.12. The molecule has 2 nitrogen and oxygen atoms in total. The highest BCUT2D eigenvalue weighted by Gasteiger charge is 2.46. The first-order chi connectivity index (χ1) is 6.12. The molecule has 0 N–H and O–H groups in total. The second-order valence-corrected chi connectivity index (χ2v) is 4.63. The van der Waals surface area contributed by atoms with E-state index in [-0.39, 0.29) is 5.78 Å². The number of ketones is 1. The molecule has 1 fully saturated rings. The molecule has 0 aromatic rings. The first-order valence-corrected chi connectivity index (χ1v) is 5.01. The van der Waals surface area contributed by atoms with Gasteiger partial charge in [-0.1, -0.05) is 13.8 Å². The SMILES string of the molecule is CC1CC(C)CC2(C1)OC=CC2=O. The summed E-state index contributed by atoms with van der Waals surface area (Å²) in [5.74, 6) is 1.38. The summed E-state index contributed by atoms with van der Waals surface area (Å²) in [4.78, 5) is 11.6. The van der Waals surface area contributed by atoms with Gasteiger partial charge in [0.2, 0.25) is 5.78 Å². The van der Waals surface area contributed by atoms with E-state index in [0.717, 1.165) is 12.8 Å². The highest BCUT2D eigenvalue weighted by molar-refractivity contribution is 5.98. The van der Waals surface area contributed by atoms with Gasteiger partial charge in [0.1, 0.15) is 0 Å². The van der Waals surface area contributed by atoms with Gasteiger partial charge in [-0.25, -0.2) is 0 Å². The highest BCUT2D eigenvalue weighted by Crippen LogP contribution is 2.41. The van der Waals surface area contributed by atoms with Crippen molar-refractivity contribution in [3.05, 3.63) is 12.3 Å². The van der Waals surface area contributed by atoms with E-state index in [9.17, 15) is 4.79 Å². The largest absolute Gasteiger partial charge is 0.487 e. The Morgan fingerprint density at radius 1 is 1.38 bits per heavy atom. The van der Waals surface area contributed by atoms with Crippen molar-refractivity contribution in [1.82, 2.24) is 0 Å². The van der Waals surface area contributed by atoms with E-state index >= 15 is 0 Å². The van der Waals surface area contributed by atoms with Crippen molar-refractivity contribution >= 4 is 5.78 Å². The van der Waals surface area contributed by atoms with Gasteiger partial charge in [0, 0.05) is 6.08 Å². The number of carbonyl (C=O) groups is 1. The quantitative estimate of drug-likeness (QED) is 0.571. The van der Waals surface area contributed by atoms with Crippen LogP contribution in [-0.2, 0) is 9.53 Å². The van der Waals surface area contributed by atoms with Gasteiger partial charge in [-0.2, -0.15) is 0 Å². The molecule has 0 bridgehead atoms. The van der Waals surface area contributed by atoms with E-state index in [1.54, 1.807) is 12.3 Å². The minimum Gasteiger partial charge on any atom is -0.487 e. The van der Waals surface area contributed by atoms with Gasteiger partial charge in [-0.15, -0.1) is 0 Å². The smallest absolute Gasteiger partial charge is 0.202 e. The number of hydrogen-bond acceptors (Lipinski definition) is 2. The molecular formula is C11H16O2. The van der Waals surface area contributed by atoms with Gasteiger partial charge in [0.05, 0.1) is 6.26 Å². The first kappa shape index (κ1) is 8.79. The monoisotopic (exact) mass is 180 g/mol. The second-order valence-electron chi connectivity index (χ2n) is 4.63. The van der Waals surface area contributed by atoms with Crippen LogP contribution in [0.1, 0.15) is 33.1 Å². The standard InChI is InChI=1S/C11H16O2/c1-8-5-9(2)7-11(6-8)10(12)3-4-13-11/h3-4,8-9H,5-7H2,1-2H3. The maximum absolute atomic E-state index is 11.6. The van der Waals surface area contributed by atoms with Crippen LogP contribution >= 0.6 is 0 Å². The van der Waals surface area contributed by atoms with Crippen molar-refractivity contribution in [2.75, 3.05) is 0 Å². The molecule has 1 saturated carbocycles. The summed E-state index contributed by atoms with van der Waals surface area (Å²) < 4.78 is 5.50. The zero-order valence-electron chi connectivity index (χ0n) is 8.25. The van der Waals surface area contributed by atoms with E-state index in [1.807, 2.05) is 0 Å². The minimum absolute atomic E-state index is 0.172. The zero-order valence-corrected chi connectivity index (χ0v) is 8.25. The average molecular weight is 180 g/mol. The number of rotatable bonds is 0. The Labute approximate surface area is 79.0 Å². The molecule has 2 rings (SSSR count). The summed E-state index contributed by atoms with van der Waals surface area (Å²) in [6.07, 6.45) is 6.14. The van der Waals surface area contributed by atoms with Crippen LogP contribution in [0, 0.1) is 11.8 Å². The van der Waals surface area contributed by atoms with E-state index in [0.29, 0.717) is 11.8 Å². The molecule has 0 radical (unpaired) electrons. The van der Waals surface area contributed by atoms with Gasteiger partial charge >= 0.3 is 0 Å². The molecule has 2 unspecified atom stereocenters. The Morgan fingerprint density at radius 3 is 2.46 bits per heavy atom. The third-order valence-electron chi connectivity index (χ3n) is 3.12. The molecule has 0 aromatic heterocycles. The molecule has 0 aromatic carbocycles. The topological polar surface area (TPSA) is 26.3 Å². The van der Waals surface area contributed by atoms with Gasteiger partial charge in [0.15, 0.2) is 5.60 Å². The molecule has 0 saturated heterocycles. The van der Waals surface area contributed by atoms with Crippen LogP contribution in [0.15, 0.2) is 12.3 Å². The molecule has 1 aliphatic heterocycles. The van der Waals surface area contributed by atoms with Crippen molar-refractivity contribution in [1.29, 1.82) is 0 Å². The molecular weight excluding hydrogens is 164 g/mol. The minimum atomic E-state index is -0.475. The summed E-state index contributed by atoms with van der Waals surface area (Å²) in [6.45, 7) is 4.40. The highest BCUT2D eigenvalue weighted by atomic mass is 16.5. The Bertz CT molecular complexity index is 245. The van der Waals surface area contributed by atoms with Crippen LogP contribution in [0.4, 0.5) is 0 Å². The van der Waals surface area contributed by atoms with Crippen LogP contribution < -0.4 is 0 Å². The van der Waals surface area contributed by atoms with Crippen LogP contribution in [0.5, 0.6) is 0 Å². The number of ether oxygens (including phenoxy) is 1. The van der Waals surface area contributed by atoms with E-state index in [2.05, 4.69) is 13.8 Å². The fraction of sp³-hybridized carbons (Fsp3) is 0.727. The van der Waals surface area contributed by atoms with Crippen LogP contribution in [-0.4, -0.2) is 11.4 Å². The molecule has 2 aliphatic rings. The molecule has 13 heavy (non-hydrogen) atoms. The first-order valence-electron chi connectivity index (χ1n) is 5.01. The summed E-state index contributed by atoms with van der Waals surface area (Å²) in [5, 5.41) is 0. The predicted octanol–water partition coefficient (Wildman–Crippen LogP) is 2.29. The maximum Gasteiger partial charge on any atom is 0.202 e. The summed E-state index contributed by atoms with van der Waals surface area (Å²) in [6, 6.07) is 0. The molecule has 2 atom stereocenters. The third kappa shape index (κ3) is 1.38. The van der Waals surface area contributed by atoms with Crippen molar-refractivity contribution in [2.45, 2.75) is 38.7 Å². The van der Waals surface area contributed by atoms with Gasteiger partial charge < -0.3 is 4.74 Å². The summed E-state index contributed by atoms with van der Waals surface area (Å²) >= 11 is 0. The lowest BCUT2D eigenvalue weighted by Gasteiger charge is -2.37. The average Bonchev–Trinajstić information content (AvgIpc) is 2.30. The van der Waals surface area contributed by atoms with Crippen LogP contribution in [0.2, 0.25) is 0 Å². The summed E-state index contributed by atoms with van der Waals surface area (Å²) in [7, 11) is 0. The molecule has 0 amide bonds. The van der Waals surface area contributed by atoms with E-state index in [4.69, 9.17) is 4.74 Å². The Morgan fingerprint density at radius 2 is 2.00 bits per heavy atom. The van der Waals surface area contributed by atoms with Crippen molar-refractivity contribution < 1.29 is 9.53 Å². The van der Waals surface area contributed by atoms with E-state index in [1.165, 1.54) is 6.42 Å². The van der Waals surface area contributed by atoms with Crippen molar-refractivity contribution in [3.63, 3.8) is 0 Å². The van der Waals surface area contributed by atoms with Crippen molar-refractivity contribution in [3.8, 4) is 0 Å². The maximum atomic E-state index is 11.6. The number of carbonyl (C=O) groups excluding carboxylic acids is 1. The molecule has 72 valence electrons. The molecule has 1 heterocycles. The second kappa shape index (κ2) is 2.86. The van der Waals surface area contributed by atoms with E-state index < -0.39 is 5.60 Å². The Kier molecular flexibility index (Phi) is 1.94. The van der Waals surface area contributed by atoms with Gasteiger partial charge in [0.25, 0.3) is 0 Å². The van der Waals surface area contributed by atoms with Crippen LogP contribution in [0.3, 0.4) is 0 Å². The lowest BCUT2D eigenvalue weighted by atomic mass is 9.72. The summed E-state index contributed by atoms with van der Waals surface area (Å²) in [5.41, 5.74) is -0.475. The molecule has 1 aliphatic carbocycles. The lowest BCUT2D eigenvalue weighted by Crippen LogP contribution is -2.43. The Hall–Kier alpha value is -0.790. The van der Waals surface area contributed by atoms with Crippen molar-refractivity contribution in [2.24, 2.45) is 11.8 Å². The predicted molar refractivity (Wildman–Crippen MR) is 50.1 cm³/mol. The fourth-order valence-electron chi connectivity index (χ4n) is 2.80.